The van der Waals surface area contributed by atoms with E-state index in [1.165, 1.54) is 12.3 Å². The van der Waals surface area contributed by atoms with Crippen molar-refractivity contribution in [3.8, 4) is 0 Å². The van der Waals surface area contributed by atoms with Crippen LogP contribution in [0.4, 0.5) is 11.6 Å². The molecule has 5 nitrogen and oxygen atoms in total. The van der Waals surface area contributed by atoms with Crippen molar-refractivity contribution in [2.45, 2.75) is 6.92 Å². The summed E-state index contributed by atoms with van der Waals surface area (Å²) < 4.78 is 0. The van der Waals surface area contributed by atoms with Crippen molar-refractivity contribution in [2.24, 2.45) is 0 Å². The summed E-state index contributed by atoms with van der Waals surface area (Å²) in [6.07, 6.45) is 3.04. The molecule has 2 rings (SSSR count). The summed E-state index contributed by atoms with van der Waals surface area (Å²) in [5.41, 5.74) is 6.82. The molecule has 0 aliphatic carbocycles. The van der Waals surface area contributed by atoms with Crippen LogP contribution in [0.5, 0.6) is 0 Å². The van der Waals surface area contributed by atoms with Crippen molar-refractivity contribution in [1.29, 1.82) is 0 Å². The van der Waals surface area contributed by atoms with Gasteiger partial charge in [0.05, 0.1) is 10.6 Å². The zero-order valence-corrected chi connectivity index (χ0v) is 10.4. The predicted molar refractivity (Wildman–Crippen MR) is 70.6 cm³/mol. The van der Waals surface area contributed by atoms with Gasteiger partial charge in [0.15, 0.2) is 0 Å². The molecule has 0 bridgehead atoms. The highest BCUT2D eigenvalue weighted by atomic mass is 35.5. The Morgan fingerprint density at radius 3 is 2.72 bits per heavy atom. The lowest BCUT2D eigenvalue weighted by Gasteiger charge is -2.05. The lowest BCUT2D eigenvalue weighted by molar-refractivity contribution is 0.102. The summed E-state index contributed by atoms with van der Waals surface area (Å²) in [7, 11) is 0. The highest BCUT2D eigenvalue weighted by Crippen LogP contribution is 2.17. The van der Waals surface area contributed by atoms with Gasteiger partial charge in [-0.3, -0.25) is 4.79 Å². The number of pyridine rings is 2. The fraction of sp³-hybridized carbons (Fsp3) is 0.0833. The van der Waals surface area contributed by atoms with Crippen LogP contribution in [0, 0.1) is 6.92 Å². The van der Waals surface area contributed by atoms with Crippen LogP contribution >= 0.6 is 11.6 Å². The molecule has 18 heavy (non-hydrogen) atoms. The second-order valence-electron chi connectivity index (χ2n) is 3.77. The molecule has 92 valence electrons. The molecular formula is C12H11ClN4O. The van der Waals surface area contributed by atoms with E-state index < -0.39 is 0 Å². The molecule has 0 aliphatic rings. The van der Waals surface area contributed by atoms with Gasteiger partial charge in [-0.2, -0.15) is 0 Å². The number of aromatic nitrogens is 2. The molecular weight excluding hydrogens is 252 g/mol. The zero-order valence-electron chi connectivity index (χ0n) is 9.64. The van der Waals surface area contributed by atoms with E-state index in [-0.39, 0.29) is 16.7 Å². The van der Waals surface area contributed by atoms with Gasteiger partial charge in [0.2, 0.25) is 0 Å². The zero-order chi connectivity index (χ0) is 13.1. The quantitative estimate of drug-likeness (QED) is 0.870. The smallest absolute Gasteiger partial charge is 0.258 e. The maximum absolute atomic E-state index is 11.9. The van der Waals surface area contributed by atoms with E-state index >= 15 is 0 Å². The molecule has 2 heterocycles. The SMILES string of the molecule is Cc1ccc(NC(=O)c2cnc(N)c(Cl)c2)nc1. The van der Waals surface area contributed by atoms with Gasteiger partial charge in [0.1, 0.15) is 11.6 Å². The largest absolute Gasteiger partial charge is 0.382 e. The Hall–Kier alpha value is -2.14. The fourth-order valence-corrected chi connectivity index (χ4v) is 1.47. The van der Waals surface area contributed by atoms with Crippen molar-refractivity contribution in [1.82, 2.24) is 9.97 Å². The normalized spacial score (nSPS) is 10.1. The number of nitrogens with one attached hydrogen (secondary N) is 1. The minimum absolute atomic E-state index is 0.196. The Balaban J connectivity index is 2.16. The summed E-state index contributed by atoms with van der Waals surface area (Å²) in [5.74, 6) is 0.334. The molecule has 3 N–H and O–H groups in total. The molecule has 0 spiro atoms. The second-order valence-corrected chi connectivity index (χ2v) is 4.17. The molecule has 6 heteroatoms. The number of hydrogen-bond donors (Lipinski definition) is 2. The molecule has 0 saturated heterocycles. The number of nitrogen functional groups attached to an aromatic ring is 1. The summed E-state index contributed by atoms with van der Waals surface area (Å²) in [4.78, 5) is 19.8. The molecule has 0 fully saturated rings. The minimum Gasteiger partial charge on any atom is -0.382 e. The van der Waals surface area contributed by atoms with Crippen LogP contribution in [0.3, 0.4) is 0 Å². The summed E-state index contributed by atoms with van der Waals surface area (Å²) in [5, 5.41) is 2.89. The van der Waals surface area contributed by atoms with E-state index in [0.29, 0.717) is 11.4 Å². The van der Waals surface area contributed by atoms with Crippen LogP contribution in [-0.2, 0) is 0 Å². The number of hydrogen-bond acceptors (Lipinski definition) is 4. The van der Waals surface area contributed by atoms with E-state index in [2.05, 4.69) is 15.3 Å². The van der Waals surface area contributed by atoms with E-state index in [0.717, 1.165) is 5.56 Å². The van der Waals surface area contributed by atoms with E-state index in [1.54, 1.807) is 12.3 Å². The molecule has 2 aromatic heterocycles. The highest BCUT2D eigenvalue weighted by molar-refractivity contribution is 6.33. The van der Waals surface area contributed by atoms with Gasteiger partial charge in [-0.25, -0.2) is 9.97 Å². The number of carbonyl (C=O) groups is 1. The monoisotopic (exact) mass is 262 g/mol. The molecule has 1 amide bonds. The Bertz CT molecular complexity index is 583. The molecule has 0 atom stereocenters. The third-order valence-corrected chi connectivity index (χ3v) is 2.59. The van der Waals surface area contributed by atoms with Crippen molar-refractivity contribution in [3.63, 3.8) is 0 Å². The van der Waals surface area contributed by atoms with Gasteiger partial charge in [-0.15, -0.1) is 0 Å². The number of aryl methyl sites for hydroxylation is 1. The number of nitrogens with two attached hydrogens (primary N) is 1. The van der Waals surface area contributed by atoms with Crippen LogP contribution in [0.2, 0.25) is 5.02 Å². The van der Waals surface area contributed by atoms with Crippen molar-refractivity contribution < 1.29 is 4.79 Å². The van der Waals surface area contributed by atoms with Gasteiger partial charge in [-0.1, -0.05) is 17.7 Å². The van der Waals surface area contributed by atoms with Gasteiger partial charge in [-0.05, 0) is 24.6 Å². The number of rotatable bonds is 2. The van der Waals surface area contributed by atoms with Crippen LogP contribution < -0.4 is 11.1 Å². The maximum Gasteiger partial charge on any atom is 0.258 e. The number of carbonyl (C=O) groups excluding carboxylic acids is 1. The molecule has 0 saturated carbocycles. The third kappa shape index (κ3) is 2.75. The molecule has 0 aliphatic heterocycles. The lowest BCUT2D eigenvalue weighted by atomic mass is 10.2. The first-order chi connectivity index (χ1) is 8.56. The maximum atomic E-state index is 11.9. The first-order valence-corrected chi connectivity index (χ1v) is 5.59. The summed E-state index contributed by atoms with van der Waals surface area (Å²) in [6, 6.07) is 5.05. The van der Waals surface area contributed by atoms with Gasteiger partial charge in [0.25, 0.3) is 5.91 Å². The predicted octanol–water partition coefficient (Wildman–Crippen LogP) is 2.27. The summed E-state index contributed by atoms with van der Waals surface area (Å²) in [6.45, 7) is 1.92. The Labute approximate surface area is 109 Å². The van der Waals surface area contributed by atoms with Crippen LogP contribution in [0.15, 0.2) is 30.6 Å². The topological polar surface area (TPSA) is 80.9 Å². The Morgan fingerprint density at radius 2 is 2.11 bits per heavy atom. The van der Waals surface area contributed by atoms with Crippen LogP contribution in [0.25, 0.3) is 0 Å². The average Bonchev–Trinajstić information content (AvgIpc) is 2.35. The highest BCUT2D eigenvalue weighted by Gasteiger charge is 2.09. The number of anilines is 2. The molecule has 0 radical (unpaired) electrons. The molecule has 0 unspecified atom stereocenters. The number of amides is 1. The lowest BCUT2D eigenvalue weighted by Crippen LogP contribution is -2.13. The van der Waals surface area contributed by atoms with Crippen LogP contribution in [-0.4, -0.2) is 15.9 Å². The number of halogens is 1. The average molecular weight is 263 g/mol. The van der Waals surface area contributed by atoms with E-state index in [9.17, 15) is 4.79 Å². The fourth-order valence-electron chi connectivity index (χ4n) is 1.30. The summed E-state index contributed by atoms with van der Waals surface area (Å²) >= 11 is 5.80. The van der Waals surface area contributed by atoms with Gasteiger partial charge < -0.3 is 11.1 Å². The minimum atomic E-state index is -0.333. The van der Waals surface area contributed by atoms with Crippen molar-refractivity contribution in [3.05, 3.63) is 46.7 Å². The van der Waals surface area contributed by atoms with Gasteiger partial charge in [0, 0.05) is 12.4 Å². The first kappa shape index (κ1) is 12.3. The molecule has 0 aromatic carbocycles. The standard InChI is InChI=1S/C12H11ClN4O/c1-7-2-3-10(15-5-7)17-12(18)8-4-9(13)11(14)16-6-8/h2-6H,1H3,(H2,14,16)(H,15,17,18). The second kappa shape index (κ2) is 5.01. The Morgan fingerprint density at radius 1 is 1.33 bits per heavy atom. The van der Waals surface area contributed by atoms with Gasteiger partial charge >= 0.3 is 0 Å². The van der Waals surface area contributed by atoms with Crippen LogP contribution in [0.1, 0.15) is 15.9 Å². The first-order valence-electron chi connectivity index (χ1n) is 5.21. The Kier molecular flexibility index (Phi) is 3.43. The van der Waals surface area contributed by atoms with Crippen molar-refractivity contribution in [2.75, 3.05) is 11.1 Å². The van der Waals surface area contributed by atoms with E-state index in [4.69, 9.17) is 17.3 Å². The number of nitrogens with zero attached hydrogens (tertiary/aromatic N) is 2. The molecule has 2 aromatic rings. The third-order valence-electron chi connectivity index (χ3n) is 2.28. The van der Waals surface area contributed by atoms with Crippen molar-refractivity contribution >= 4 is 29.1 Å². The van der Waals surface area contributed by atoms with E-state index in [1.807, 2.05) is 13.0 Å².